The second-order valence-electron chi connectivity index (χ2n) is 5.20. The molecule has 1 amide bonds. The molecule has 0 aromatic rings. The van der Waals surface area contributed by atoms with Crippen LogP contribution in [0.1, 0.15) is 45.4 Å². The van der Waals surface area contributed by atoms with Gasteiger partial charge in [-0.1, -0.05) is 6.92 Å². The van der Waals surface area contributed by atoms with E-state index in [9.17, 15) is 4.79 Å². The topological polar surface area (TPSA) is 46.3 Å². The number of hydrogen-bond donors (Lipinski definition) is 1. The van der Waals surface area contributed by atoms with Crippen molar-refractivity contribution < 1.29 is 4.79 Å². The van der Waals surface area contributed by atoms with Gasteiger partial charge in [0, 0.05) is 13.1 Å². The Hall–Kier alpha value is -0.570. The molecule has 0 bridgehead atoms. The molecule has 0 aliphatic heterocycles. The van der Waals surface area contributed by atoms with E-state index in [1.165, 1.54) is 12.8 Å². The largest absolute Gasteiger partial charge is 0.341 e. The van der Waals surface area contributed by atoms with Crippen molar-refractivity contribution >= 4 is 5.91 Å². The Balaban J connectivity index is 1.92. The smallest absolute Gasteiger partial charge is 0.242 e. The second-order valence-corrected chi connectivity index (χ2v) is 5.20. The minimum atomic E-state index is -0.496. The van der Waals surface area contributed by atoms with Crippen molar-refractivity contribution in [1.82, 2.24) is 4.90 Å². The quantitative estimate of drug-likeness (QED) is 0.747. The van der Waals surface area contributed by atoms with Crippen LogP contribution in [0, 0.1) is 5.92 Å². The van der Waals surface area contributed by atoms with Gasteiger partial charge in [0.05, 0.1) is 5.54 Å². The maximum atomic E-state index is 12.2. The molecule has 2 saturated carbocycles. The first-order valence-corrected chi connectivity index (χ1v) is 6.24. The van der Waals surface area contributed by atoms with Gasteiger partial charge in [0.15, 0.2) is 0 Å². The molecule has 0 heterocycles. The number of hydrogen-bond acceptors (Lipinski definition) is 2. The third-order valence-electron chi connectivity index (χ3n) is 3.63. The molecule has 2 rings (SSSR count). The molecule has 0 spiro atoms. The highest BCUT2D eigenvalue weighted by atomic mass is 16.2. The summed E-state index contributed by atoms with van der Waals surface area (Å²) in [6.07, 6.45) is 6.52. The molecule has 2 N–H and O–H groups in total. The first-order valence-electron chi connectivity index (χ1n) is 6.24. The van der Waals surface area contributed by atoms with Gasteiger partial charge >= 0.3 is 0 Å². The zero-order valence-corrected chi connectivity index (χ0v) is 9.67. The van der Waals surface area contributed by atoms with Crippen LogP contribution in [0.2, 0.25) is 0 Å². The van der Waals surface area contributed by atoms with Gasteiger partial charge in [0.25, 0.3) is 0 Å². The first kappa shape index (κ1) is 10.9. The second kappa shape index (κ2) is 4.12. The van der Waals surface area contributed by atoms with Crippen LogP contribution in [0.4, 0.5) is 0 Å². The summed E-state index contributed by atoms with van der Waals surface area (Å²) in [6, 6.07) is 0. The van der Waals surface area contributed by atoms with Crippen molar-refractivity contribution in [2.24, 2.45) is 11.7 Å². The van der Waals surface area contributed by atoms with Crippen LogP contribution in [0.3, 0.4) is 0 Å². The van der Waals surface area contributed by atoms with Crippen LogP contribution in [-0.4, -0.2) is 29.4 Å². The van der Waals surface area contributed by atoms with Crippen LogP contribution in [0.25, 0.3) is 0 Å². The lowest BCUT2D eigenvalue weighted by Crippen LogP contribution is -2.59. The molecule has 0 aromatic heterocycles. The van der Waals surface area contributed by atoms with E-state index in [1.54, 1.807) is 0 Å². The van der Waals surface area contributed by atoms with Gasteiger partial charge in [-0.05, 0) is 44.4 Å². The molecule has 0 radical (unpaired) electrons. The SMILES string of the molecule is CCCN(CC1CC1)C(=O)C1(N)CCC1. The molecule has 86 valence electrons. The summed E-state index contributed by atoms with van der Waals surface area (Å²) < 4.78 is 0. The molecule has 3 nitrogen and oxygen atoms in total. The van der Waals surface area contributed by atoms with Gasteiger partial charge in [0.2, 0.25) is 5.91 Å². The number of rotatable bonds is 5. The summed E-state index contributed by atoms with van der Waals surface area (Å²) >= 11 is 0. The van der Waals surface area contributed by atoms with E-state index < -0.39 is 5.54 Å². The van der Waals surface area contributed by atoms with Crippen molar-refractivity contribution in [3.63, 3.8) is 0 Å². The molecule has 3 heteroatoms. The summed E-state index contributed by atoms with van der Waals surface area (Å²) in [4.78, 5) is 14.2. The van der Waals surface area contributed by atoms with Crippen LogP contribution in [-0.2, 0) is 4.79 Å². The highest BCUT2D eigenvalue weighted by Crippen LogP contribution is 2.34. The van der Waals surface area contributed by atoms with Gasteiger partial charge in [-0.2, -0.15) is 0 Å². The summed E-state index contributed by atoms with van der Waals surface area (Å²) in [5.74, 6) is 0.978. The summed E-state index contributed by atoms with van der Waals surface area (Å²) in [6.45, 7) is 3.96. The van der Waals surface area contributed by atoms with Crippen molar-refractivity contribution in [3.8, 4) is 0 Å². The van der Waals surface area contributed by atoms with Gasteiger partial charge < -0.3 is 10.6 Å². The molecule has 2 aliphatic rings. The van der Waals surface area contributed by atoms with Crippen LogP contribution in [0.15, 0.2) is 0 Å². The minimum Gasteiger partial charge on any atom is -0.341 e. The molecule has 0 aromatic carbocycles. The van der Waals surface area contributed by atoms with E-state index >= 15 is 0 Å². The van der Waals surface area contributed by atoms with E-state index in [-0.39, 0.29) is 5.91 Å². The van der Waals surface area contributed by atoms with E-state index in [1.807, 2.05) is 4.90 Å². The third kappa shape index (κ3) is 2.33. The van der Waals surface area contributed by atoms with Gasteiger partial charge in [-0.15, -0.1) is 0 Å². The monoisotopic (exact) mass is 210 g/mol. The number of carbonyl (C=O) groups is 1. The molecule has 2 fully saturated rings. The number of nitrogens with two attached hydrogens (primary N) is 1. The fraction of sp³-hybridized carbons (Fsp3) is 0.917. The van der Waals surface area contributed by atoms with E-state index in [4.69, 9.17) is 5.73 Å². The Morgan fingerprint density at radius 2 is 2.13 bits per heavy atom. The third-order valence-corrected chi connectivity index (χ3v) is 3.63. The van der Waals surface area contributed by atoms with Crippen molar-refractivity contribution in [1.29, 1.82) is 0 Å². The maximum Gasteiger partial charge on any atom is 0.242 e. The Bertz CT molecular complexity index is 244. The maximum absolute atomic E-state index is 12.2. The molecule has 0 atom stereocenters. The summed E-state index contributed by atoms with van der Waals surface area (Å²) in [5, 5.41) is 0. The zero-order chi connectivity index (χ0) is 10.9. The number of amides is 1. The first-order chi connectivity index (χ1) is 7.15. The standard InChI is InChI=1S/C12H22N2O/c1-2-8-14(9-10-4-5-10)11(15)12(13)6-3-7-12/h10H,2-9,13H2,1H3. The minimum absolute atomic E-state index is 0.211. The normalized spacial score (nSPS) is 23.3. The molecule has 15 heavy (non-hydrogen) atoms. The van der Waals surface area contributed by atoms with E-state index in [0.717, 1.165) is 44.7 Å². The number of carbonyl (C=O) groups excluding carboxylic acids is 1. The van der Waals surface area contributed by atoms with Crippen molar-refractivity contribution in [2.45, 2.75) is 51.0 Å². The Morgan fingerprint density at radius 3 is 2.53 bits per heavy atom. The van der Waals surface area contributed by atoms with Crippen molar-refractivity contribution in [2.75, 3.05) is 13.1 Å². The summed E-state index contributed by atoms with van der Waals surface area (Å²) in [5.41, 5.74) is 5.59. The highest BCUT2D eigenvalue weighted by molar-refractivity contribution is 5.87. The Morgan fingerprint density at radius 1 is 1.47 bits per heavy atom. The predicted octanol–water partition coefficient (Wildman–Crippen LogP) is 1.52. The van der Waals surface area contributed by atoms with Gasteiger partial charge in [-0.25, -0.2) is 0 Å². The van der Waals surface area contributed by atoms with Crippen molar-refractivity contribution in [3.05, 3.63) is 0 Å². The summed E-state index contributed by atoms with van der Waals surface area (Å²) in [7, 11) is 0. The fourth-order valence-electron chi connectivity index (χ4n) is 2.24. The lowest BCUT2D eigenvalue weighted by atomic mass is 9.76. The Labute approximate surface area is 92.0 Å². The fourth-order valence-corrected chi connectivity index (χ4v) is 2.24. The van der Waals surface area contributed by atoms with E-state index in [0.29, 0.717) is 0 Å². The lowest BCUT2D eigenvalue weighted by molar-refractivity contribution is -0.140. The molecule has 0 unspecified atom stereocenters. The highest BCUT2D eigenvalue weighted by Gasteiger charge is 2.43. The average molecular weight is 210 g/mol. The Kier molecular flexibility index (Phi) is 3.01. The predicted molar refractivity (Wildman–Crippen MR) is 60.4 cm³/mol. The van der Waals surface area contributed by atoms with Gasteiger partial charge in [0.1, 0.15) is 0 Å². The van der Waals surface area contributed by atoms with Gasteiger partial charge in [-0.3, -0.25) is 4.79 Å². The molecule has 2 aliphatic carbocycles. The van der Waals surface area contributed by atoms with E-state index in [2.05, 4.69) is 6.92 Å². The molecule has 0 saturated heterocycles. The number of nitrogens with zero attached hydrogens (tertiary/aromatic N) is 1. The zero-order valence-electron chi connectivity index (χ0n) is 9.67. The molecular weight excluding hydrogens is 188 g/mol. The average Bonchev–Trinajstić information content (AvgIpc) is 2.96. The lowest BCUT2D eigenvalue weighted by Gasteiger charge is -2.40. The van der Waals surface area contributed by atoms with Crippen LogP contribution in [0.5, 0.6) is 0 Å². The molecular formula is C12H22N2O. The van der Waals surface area contributed by atoms with Crippen LogP contribution < -0.4 is 5.73 Å². The van der Waals surface area contributed by atoms with Crippen LogP contribution >= 0.6 is 0 Å².